The first-order valence-electron chi connectivity index (χ1n) is 4.29. The molecular formula is C9H11N5. The third-order valence-corrected chi connectivity index (χ3v) is 1.79. The Morgan fingerprint density at radius 3 is 2.36 bits per heavy atom. The van der Waals surface area contributed by atoms with Crippen LogP contribution in [0.1, 0.15) is 11.4 Å². The maximum atomic E-state index is 5.50. The number of rotatable bonds is 1. The fourth-order valence-corrected chi connectivity index (χ4v) is 1.26. The van der Waals surface area contributed by atoms with Gasteiger partial charge in [0.25, 0.3) is 5.95 Å². The van der Waals surface area contributed by atoms with Gasteiger partial charge in [-0.3, -0.25) is 0 Å². The molecule has 5 nitrogen and oxygen atoms in total. The second kappa shape index (κ2) is 3.10. The average molecular weight is 189 g/mol. The van der Waals surface area contributed by atoms with Crippen molar-refractivity contribution in [2.45, 2.75) is 13.8 Å². The Morgan fingerprint density at radius 1 is 1.21 bits per heavy atom. The van der Waals surface area contributed by atoms with E-state index in [1.165, 1.54) is 0 Å². The summed E-state index contributed by atoms with van der Waals surface area (Å²) in [5.74, 6) is 1.02. The molecule has 0 amide bonds. The van der Waals surface area contributed by atoms with Gasteiger partial charge in [0.2, 0.25) is 0 Å². The van der Waals surface area contributed by atoms with E-state index >= 15 is 0 Å². The Labute approximate surface area is 81.6 Å². The summed E-state index contributed by atoms with van der Waals surface area (Å²) < 4.78 is 1.56. The number of aryl methyl sites for hydroxylation is 2. The Morgan fingerprint density at radius 2 is 1.86 bits per heavy atom. The minimum Gasteiger partial charge on any atom is -0.382 e. The van der Waals surface area contributed by atoms with Crippen LogP contribution < -0.4 is 5.73 Å². The molecule has 0 aliphatic rings. The third kappa shape index (κ3) is 1.56. The highest BCUT2D eigenvalue weighted by atomic mass is 15.4. The average Bonchev–Trinajstić information content (AvgIpc) is 2.50. The zero-order valence-electron chi connectivity index (χ0n) is 8.10. The molecule has 2 aromatic rings. The molecule has 72 valence electrons. The number of hydrogen-bond acceptors (Lipinski definition) is 4. The molecular weight excluding hydrogens is 178 g/mol. The summed E-state index contributed by atoms with van der Waals surface area (Å²) in [6.07, 6.45) is 1.74. The highest BCUT2D eigenvalue weighted by Gasteiger charge is 2.02. The smallest absolute Gasteiger partial charge is 0.251 e. The summed E-state index contributed by atoms with van der Waals surface area (Å²) in [5, 5.41) is 4.03. The van der Waals surface area contributed by atoms with Crippen molar-refractivity contribution in [2.75, 3.05) is 5.73 Å². The van der Waals surface area contributed by atoms with Gasteiger partial charge in [-0.25, -0.2) is 14.6 Å². The lowest BCUT2D eigenvalue weighted by molar-refractivity contribution is 0.797. The molecule has 14 heavy (non-hydrogen) atoms. The lowest BCUT2D eigenvalue weighted by atomic mass is 10.4. The summed E-state index contributed by atoms with van der Waals surface area (Å²) in [4.78, 5) is 8.50. The molecule has 2 aromatic heterocycles. The van der Waals surface area contributed by atoms with E-state index in [-0.39, 0.29) is 0 Å². The van der Waals surface area contributed by atoms with Crippen molar-refractivity contribution in [1.29, 1.82) is 0 Å². The SMILES string of the molecule is Cc1cc(C)nc(-n2ccc(N)n2)n1. The maximum Gasteiger partial charge on any atom is 0.251 e. The van der Waals surface area contributed by atoms with Crippen molar-refractivity contribution in [1.82, 2.24) is 19.7 Å². The van der Waals surface area contributed by atoms with E-state index < -0.39 is 0 Å². The van der Waals surface area contributed by atoms with E-state index in [4.69, 9.17) is 5.73 Å². The molecule has 0 aliphatic heterocycles. The Balaban J connectivity index is 2.51. The number of nitrogen functional groups attached to an aromatic ring is 1. The molecule has 2 heterocycles. The van der Waals surface area contributed by atoms with E-state index in [0.29, 0.717) is 11.8 Å². The number of anilines is 1. The fraction of sp³-hybridized carbons (Fsp3) is 0.222. The molecule has 0 radical (unpaired) electrons. The lowest BCUT2D eigenvalue weighted by Crippen LogP contribution is -2.04. The summed E-state index contributed by atoms with van der Waals surface area (Å²) in [6, 6.07) is 3.62. The number of nitrogens with two attached hydrogens (primary N) is 1. The standard InChI is InChI=1S/C9H11N5/c1-6-5-7(2)12-9(11-6)14-4-3-8(10)13-14/h3-5H,1-2H3,(H2,10,13). The van der Waals surface area contributed by atoms with Crippen molar-refractivity contribution < 1.29 is 0 Å². The number of aromatic nitrogens is 4. The monoisotopic (exact) mass is 189 g/mol. The van der Waals surface area contributed by atoms with Crippen LogP contribution in [0.4, 0.5) is 5.82 Å². The molecule has 0 fully saturated rings. The second-order valence-corrected chi connectivity index (χ2v) is 3.14. The molecule has 0 spiro atoms. The van der Waals surface area contributed by atoms with Crippen molar-refractivity contribution in [3.8, 4) is 5.95 Å². The van der Waals surface area contributed by atoms with E-state index in [1.807, 2.05) is 19.9 Å². The molecule has 0 saturated carbocycles. The summed E-state index contributed by atoms with van der Waals surface area (Å²) in [7, 11) is 0. The molecule has 5 heteroatoms. The van der Waals surface area contributed by atoms with Crippen LogP contribution in [0.25, 0.3) is 5.95 Å². The first-order valence-corrected chi connectivity index (χ1v) is 4.29. The molecule has 0 bridgehead atoms. The van der Waals surface area contributed by atoms with Gasteiger partial charge in [0.1, 0.15) is 5.82 Å². The Kier molecular flexibility index (Phi) is 1.92. The molecule has 2 rings (SSSR count). The second-order valence-electron chi connectivity index (χ2n) is 3.14. The summed E-state index contributed by atoms with van der Waals surface area (Å²) >= 11 is 0. The van der Waals surface area contributed by atoms with Gasteiger partial charge < -0.3 is 5.73 Å². The van der Waals surface area contributed by atoms with Gasteiger partial charge in [-0.2, -0.15) is 0 Å². The largest absolute Gasteiger partial charge is 0.382 e. The Hall–Kier alpha value is -1.91. The van der Waals surface area contributed by atoms with Crippen LogP contribution in [-0.2, 0) is 0 Å². The van der Waals surface area contributed by atoms with Gasteiger partial charge in [0.15, 0.2) is 0 Å². The Bertz CT molecular complexity index is 440. The first-order chi connectivity index (χ1) is 6.65. The predicted molar refractivity (Wildman–Crippen MR) is 53.0 cm³/mol. The van der Waals surface area contributed by atoms with Crippen molar-refractivity contribution in [3.63, 3.8) is 0 Å². The number of nitrogens with zero attached hydrogens (tertiary/aromatic N) is 4. The van der Waals surface area contributed by atoms with E-state index in [2.05, 4.69) is 15.1 Å². The zero-order valence-corrected chi connectivity index (χ0v) is 8.10. The van der Waals surface area contributed by atoms with Crippen LogP contribution >= 0.6 is 0 Å². The molecule has 0 aromatic carbocycles. The van der Waals surface area contributed by atoms with Crippen molar-refractivity contribution in [2.24, 2.45) is 0 Å². The minimum absolute atomic E-state index is 0.466. The first kappa shape index (κ1) is 8.68. The topological polar surface area (TPSA) is 69.6 Å². The van der Waals surface area contributed by atoms with Crippen LogP contribution in [0, 0.1) is 13.8 Å². The lowest BCUT2D eigenvalue weighted by Gasteiger charge is -2.01. The van der Waals surface area contributed by atoms with E-state index in [9.17, 15) is 0 Å². The van der Waals surface area contributed by atoms with Gasteiger partial charge in [-0.05, 0) is 19.9 Å². The van der Waals surface area contributed by atoms with E-state index in [1.54, 1.807) is 16.9 Å². The maximum absolute atomic E-state index is 5.50. The summed E-state index contributed by atoms with van der Waals surface area (Å²) in [6.45, 7) is 3.84. The van der Waals surface area contributed by atoms with Crippen molar-refractivity contribution in [3.05, 3.63) is 29.7 Å². The van der Waals surface area contributed by atoms with Gasteiger partial charge in [0.05, 0.1) is 0 Å². The van der Waals surface area contributed by atoms with Crippen LogP contribution in [-0.4, -0.2) is 19.7 Å². The minimum atomic E-state index is 0.466. The molecule has 0 atom stereocenters. The highest BCUT2D eigenvalue weighted by molar-refractivity contribution is 5.27. The van der Waals surface area contributed by atoms with Crippen LogP contribution in [0.15, 0.2) is 18.3 Å². The van der Waals surface area contributed by atoms with Gasteiger partial charge >= 0.3 is 0 Å². The molecule has 0 aliphatic carbocycles. The van der Waals surface area contributed by atoms with Gasteiger partial charge in [-0.15, -0.1) is 5.10 Å². The van der Waals surface area contributed by atoms with E-state index in [0.717, 1.165) is 11.4 Å². The molecule has 2 N–H and O–H groups in total. The van der Waals surface area contributed by atoms with Crippen LogP contribution in [0.5, 0.6) is 0 Å². The molecule has 0 saturated heterocycles. The quantitative estimate of drug-likeness (QED) is 0.722. The molecule has 0 unspecified atom stereocenters. The van der Waals surface area contributed by atoms with Crippen LogP contribution in [0.3, 0.4) is 0 Å². The number of hydrogen-bond donors (Lipinski definition) is 1. The summed E-state index contributed by atoms with van der Waals surface area (Å²) in [5.41, 5.74) is 7.34. The van der Waals surface area contributed by atoms with Crippen LogP contribution in [0.2, 0.25) is 0 Å². The van der Waals surface area contributed by atoms with Crippen molar-refractivity contribution >= 4 is 5.82 Å². The normalized spacial score (nSPS) is 10.4. The van der Waals surface area contributed by atoms with Gasteiger partial charge in [-0.1, -0.05) is 0 Å². The highest BCUT2D eigenvalue weighted by Crippen LogP contribution is 2.05. The van der Waals surface area contributed by atoms with Gasteiger partial charge in [0, 0.05) is 23.7 Å². The third-order valence-electron chi connectivity index (χ3n) is 1.79. The zero-order chi connectivity index (χ0) is 10.1. The fourth-order valence-electron chi connectivity index (χ4n) is 1.26. The predicted octanol–water partition coefficient (Wildman–Crippen LogP) is 0.861.